The van der Waals surface area contributed by atoms with Crippen LogP contribution in [0.15, 0.2) is 36.5 Å². The summed E-state index contributed by atoms with van der Waals surface area (Å²) in [5, 5.41) is 50.2. The van der Waals surface area contributed by atoms with Crippen LogP contribution >= 0.6 is 7.82 Å². The van der Waals surface area contributed by atoms with Gasteiger partial charge in [-0.15, -0.1) is 0 Å². The monoisotopic (exact) mass is 875 g/mol. The molecule has 6 N–H and O–H groups in total. The average Bonchev–Trinajstić information content (AvgIpc) is 3.23. The molecule has 0 aromatic carbocycles. The highest BCUT2D eigenvalue weighted by Gasteiger charge is 2.51. The van der Waals surface area contributed by atoms with E-state index in [1.165, 1.54) is 83.5 Å². The number of esters is 1. The average molecular weight is 875 g/mol. The van der Waals surface area contributed by atoms with E-state index in [0.717, 1.165) is 83.5 Å². The fraction of sp³-hybridized carbons (Fsp3) is 0.851. The molecule has 0 aromatic rings. The standard InChI is InChI=1S/C47H87O12P/c1-3-5-7-9-11-13-15-17-19-21-23-25-27-29-31-33-35-37-56-38-40(39-57-60(54,55)59-47-45(52)43(50)42(49)44(51)46(47)53)58-41(48)36-34-32-30-28-26-24-22-20-18-16-14-12-10-8-6-4-2/h13,15,19-22,40,42-47,49-53H,3-12,14,16-18,23-39H2,1-2H3,(H,54,55)/b15-13-,21-19-,22-20-. The number of phosphoric acid groups is 1. The Morgan fingerprint density at radius 1 is 0.533 bits per heavy atom. The Kier molecular flexibility index (Phi) is 35.9. The highest BCUT2D eigenvalue weighted by Crippen LogP contribution is 2.47. The summed E-state index contributed by atoms with van der Waals surface area (Å²) in [6, 6.07) is 0. The van der Waals surface area contributed by atoms with E-state index in [0.29, 0.717) is 13.0 Å². The first-order valence-corrected chi connectivity index (χ1v) is 25.3. The van der Waals surface area contributed by atoms with Crippen LogP contribution in [0, 0.1) is 0 Å². The van der Waals surface area contributed by atoms with Gasteiger partial charge in [-0.25, -0.2) is 4.57 Å². The summed E-state index contributed by atoms with van der Waals surface area (Å²) in [6.45, 7) is 4.21. The van der Waals surface area contributed by atoms with Crippen molar-refractivity contribution < 1.29 is 58.3 Å². The van der Waals surface area contributed by atoms with E-state index in [-0.39, 0.29) is 13.0 Å². The molecule has 60 heavy (non-hydrogen) atoms. The van der Waals surface area contributed by atoms with E-state index < -0.39 is 63.1 Å². The quantitative estimate of drug-likeness (QED) is 0.0148. The highest BCUT2D eigenvalue weighted by atomic mass is 31.2. The van der Waals surface area contributed by atoms with Crippen molar-refractivity contribution >= 4 is 13.8 Å². The van der Waals surface area contributed by atoms with Crippen LogP contribution in [-0.2, 0) is 27.9 Å². The lowest BCUT2D eigenvalue weighted by Crippen LogP contribution is -2.64. The second-order valence-corrected chi connectivity index (χ2v) is 18.0. The van der Waals surface area contributed by atoms with E-state index in [1.54, 1.807) is 0 Å². The Hall–Kier alpha value is -1.44. The number of hydrogen-bond acceptors (Lipinski definition) is 11. The molecule has 1 saturated carbocycles. The Morgan fingerprint density at radius 2 is 0.933 bits per heavy atom. The molecule has 352 valence electrons. The maximum Gasteiger partial charge on any atom is 0.472 e. The summed E-state index contributed by atoms with van der Waals surface area (Å²) >= 11 is 0. The maximum absolute atomic E-state index is 12.8. The van der Waals surface area contributed by atoms with Gasteiger partial charge in [-0.1, -0.05) is 153 Å². The molecule has 0 aliphatic heterocycles. The second-order valence-electron chi connectivity index (χ2n) is 16.6. The van der Waals surface area contributed by atoms with E-state index in [2.05, 4.69) is 50.3 Å². The molecular formula is C47H87O12P. The lowest BCUT2D eigenvalue weighted by molar-refractivity contribution is -0.220. The van der Waals surface area contributed by atoms with Crippen LogP contribution in [0.2, 0.25) is 0 Å². The van der Waals surface area contributed by atoms with Crippen LogP contribution < -0.4 is 0 Å². The molecule has 0 heterocycles. The minimum Gasteiger partial charge on any atom is -0.457 e. The molecule has 1 aliphatic carbocycles. The van der Waals surface area contributed by atoms with E-state index in [1.807, 2.05) is 0 Å². The SMILES string of the molecule is CCCCCC/C=C\C/C=C\CCCCCCCCOCC(COP(=O)(O)OC1C(O)C(O)C(O)C(O)C1O)OC(=O)CCCCCCC/C=C\CCCCCCCCC. The van der Waals surface area contributed by atoms with Gasteiger partial charge in [0.2, 0.25) is 0 Å². The number of phosphoric ester groups is 1. The minimum atomic E-state index is -5.02. The van der Waals surface area contributed by atoms with Crippen molar-refractivity contribution in [3.8, 4) is 0 Å². The van der Waals surface area contributed by atoms with Crippen LogP contribution in [0.5, 0.6) is 0 Å². The van der Waals surface area contributed by atoms with Crippen LogP contribution in [0.4, 0.5) is 0 Å². The molecular weight excluding hydrogens is 787 g/mol. The van der Waals surface area contributed by atoms with Crippen LogP contribution in [-0.4, -0.2) is 98.9 Å². The third-order valence-corrected chi connectivity index (χ3v) is 12.0. The number of aliphatic hydroxyl groups excluding tert-OH is 5. The zero-order valence-corrected chi connectivity index (χ0v) is 38.4. The van der Waals surface area contributed by atoms with E-state index >= 15 is 0 Å². The van der Waals surface area contributed by atoms with Crippen molar-refractivity contribution in [2.45, 2.75) is 236 Å². The molecule has 6 unspecified atom stereocenters. The molecule has 6 atom stereocenters. The normalized spacial score (nSPS) is 22.6. The lowest BCUT2D eigenvalue weighted by atomic mass is 9.85. The number of carbonyl (C=O) groups excluding carboxylic acids is 1. The number of hydrogen-bond donors (Lipinski definition) is 6. The second kappa shape index (κ2) is 38.1. The molecule has 1 rings (SSSR count). The van der Waals surface area contributed by atoms with Crippen molar-refractivity contribution in [2.75, 3.05) is 19.8 Å². The third kappa shape index (κ3) is 29.8. The van der Waals surface area contributed by atoms with Gasteiger partial charge in [0.1, 0.15) is 42.7 Å². The van der Waals surface area contributed by atoms with Crippen LogP contribution in [0.1, 0.15) is 194 Å². The Balaban J connectivity index is 2.40. The summed E-state index contributed by atoms with van der Waals surface area (Å²) in [5.74, 6) is -0.489. The predicted octanol–water partition coefficient (Wildman–Crippen LogP) is 9.87. The third-order valence-electron chi connectivity index (χ3n) is 11.0. The summed E-state index contributed by atoms with van der Waals surface area (Å²) < 4.78 is 34.2. The van der Waals surface area contributed by atoms with Crippen molar-refractivity contribution in [1.29, 1.82) is 0 Å². The number of ether oxygens (including phenoxy) is 2. The summed E-state index contributed by atoms with van der Waals surface area (Å²) in [5.41, 5.74) is 0. The van der Waals surface area contributed by atoms with Crippen molar-refractivity contribution in [3.63, 3.8) is 0 Å². The number of rotatable bonds is 40. The van der Waals surface area contributed by atoms with Crippen molar-refractivity contribution in [3.05, 3.63) is 36.5 Å². The Bertz CT molecular complexity index is 1130. The number of allylic oxidation sites excluding steroid dienone is 6. The molecule has 13 heteroatoms. The summed E-state index contributed by atoms with van der Waals surface area (Å²) in [4.78, 5) is 23.2. The van der Waals surface area contributed by atoms with E-state index in [9.17, 15) is 39.8 Å². The maximum atomic E-state index is 12.8. The molecule has 0 spiro atoms. The minimum absolute atomic E-state index is 0.0864. The Labute approximate surface area is 363 Å². The fourth-order valence-corrected chi connectivity index (χ4v) is 8.12. The number of carbonyl (C=O) groups is 1. The van der Waals surface area contributed by atoms with Gasteiger partial charge < -0.3 is 39.9 Å². The Morgan fingerprint density at radius 3 is 1.43 bits per heavy atom. The largest absolute Gasteiger partial charge is 0.472 e. The van der Waals surface area contributed by atoms with Gasteiger partial charge >= 0.3 is 13.8 Å². The molecule has 12 nitrogen and oxygen atoms in total. The summed E-state index contributed by atoms with van der Waals surface area (Å²) in [6.07, 6.45) is 32.1. The summed E-state index contributed by atoms with van der Waals surface area (Å²) in [7, 11) is -5.02. The van der Waals surface area contributed by atoms with Gasteiger partial charge in [-0.3, -0.25) is 13.8 Å². The zero-order chi connectivity index (χ0) is 44.1. The molecule has 0 amide bonds. The lowest BCUT2D eigenvalue weighted by Gasteiger charge is -2.41. The molecule has 1 fully saturated rings. The molecule has 0 radical (unpaired) electrons. The fourth-order valence-electron chi connectivity index (χ4n) is 7.14. The van der Waals surface area contributed by atoms with Crippen LogP contribution in [0.25, 0.3) is 0 Å². The smallest absolute Gasteiger partial charge is 0.457 e. The predicted molar refractivity (Wildman–Crippen MR) is 239 cm³/mol. The molecule has 0 aromatic heterocycles. The van der Waals surface area contributed by atoms with Crippen molar-refractivity contribution in [2.24, 2.45) is 0 Å². The highest BCUT2D eigenvalue weighted by molar-refractivity contribution is 7.47. The van der Waals surface area contributed by atoms with Gasteiger partial charge in [0.05, 0.1) is 13.2 Å². The zero-order valence-electron chi connectivity index (χ0n) is 37.5. The molecule has 0 bridgehead atoms. The first-order valence-electron chi connectivity index (χ1n) is 23.8. The van der Waals surface area contributed by atoms with Gasteiger partial charge in [0.15, 0.2) is 0 Å². The molecule has 0 saturated heterocycles. The first-order chi connectivity index (χ1) is 29.0. The van der Waals surface area contributed by atoms with Gasteiger partial charge in [0.25, 0.3) is 0 Å². The molecule has 1 aliphatic rings. The van der Waals surface area contributed by atoms with Crippen molar-refractivity contribution in [1.82, 2.24) is 0 Å². The number of unbranched alkanes of at least 4 members (excludes halogenated alkanes) is 22. The number of aliphatic hydroxyl groups is 5. The van der Waals surface area contributed by atoms with E-state index in [4.69, 9.17) is 18.5 Å². The van der Waals surface area contributed by atoms with Gasteiger partial charge in [0, 0.05) is 13.0 Å². The van der Waals surface area contributed by atoms with Crippen LogP contribution in [0.3, 0.4) is 0 Å². The van der Waals surface area contributed by atoms with Gasteiger partial charge in [-0.05, 0) is 70.6 Å². The topological polar surface area (TPSA) is 192 Å². The van der Waals surface area contributed by atoms with Gasteiger partial charge in [-0.2, -0.15) is 0 Å². The first kappa shape index (κ1) is 56.6.